The number of benzene rings is 2. The molecule has 0 bridgehead atoms. The highest BCUT2D eigenvalue weighted by atomic mass is 35.5. The van der Waals surface area contributed by atoms with Gasteiger partial charge in [-0.3, -0.25) is 9.48 Å². The van der Waals surface area contributed by atoms with Gasteiger partial charge in [0, 0.05) is 25.4 Å². The van der Waals surface area contributed by atoms with Gasteiger partial charge in [-0.1, -0.05) is 48.5 Å². The molecular weight excluding hydrogens is 396 g/mol. The molecule has 2 N–H and O–H groups in total. The summed E-state index contributed by atoms with van der Waals surface area (Å²) in [6.45, 7) is 3.46. The van der Waals surface area contributed by atoms with Crippen molar-refractivity contribution < 1.29 is 4.79 Å². The Hall–Kier alpha value is -2.63. The molecule has 1 atom stereocenters. The smallest absolute Gasteiger partial charge is 0.220 e. The van der Waals surface area contributed by atoms with Crippen molar-refractivity contribution in [1.82, 2.24) is 20.4 Å². The predicted octanol–water partition coefficient (Wildman–Crippen LogP) is 4.03. The molecule has 1 saturated heterocycles. The normalized spacial score (nSPS) is 15.5. The maximum absolute atomic E-state index is 12.3. The van der Waals surface area contributed by atoms with Gasteiger partial charge in [0.2, 0.25) is 5.91 Å². The Morgan fingerprint density at radius 1 is 1.13 bits per heavy atom. The molecule has 0 aliphatic carbocycles. The molecule has 1 aliphatic heterocycles. The van der Waals surface area contributed by atoms with Crippen molar-refractivity contribution in [3.8, 4) is 11.1 Å². The van der Waals surface area contributed by atoms with Crippen LogP contribution in [0.2, 0.25) is 0 Å². The van der Waals surface area contributed by atoms with Crippen molar-refractivity contribution in [1.29, 1.82) is 0 Å². The number of halogens is 1. The molecule has 1 aromatic heterocycles. The van der Waals surface area contributed by atoms with Crippen LogP contribution in [-0.2, 0) is 17.9 Å². The summed E-state index contributed by atoms with van der Waals surface area (Å²) in [5.41, 5.74) is 4.68. The number of hydrogen-bond acceptors (Lipinski definition) is 3. The van der Waals surface area contributed by atoms with Crippen LogP contribution in [0.3, 0.4) is 0 Å². The number of amides is 1. The molecule has 0 saturated carbocycles. The molecule has 0 radical (unpaired) electrons. The van der Waals surface area contributed by atoms with Gasteiger partial charge in [-0.2, -0.15) is 5.10 Å². The lowest BCUT2D eigenvalue weighted by atomic mass is 9.98. The Morgan fingerprint density at radius 2 is 1.97 bits per heavy atom. The average molecular weight is 425 g/mol. The summed E-state index contributed by atoms with van der Waals surface area (Å²) in [5.74, 6) is 0.787. The van der Waals surface area contributed by atoms with Crippen LogP contribution >= 0.6 is 12.4 Å². The predicted molar refractivity (Wildman–Crippen MR) is 123 cm³/mol. The van der Waals surface area contributed by atoms with Gasteiger partial charge in [-0.15, -0.1) is 12.4 Å². The van der Waals surface area contributed by atoms with Crippen molar-refractivity contribution in [2.45, 2.75) is 32.4 Å². The molecule has 1 aliphatic rings. The first-order valence-electron chi connectivity index (χ1n) is 10.4. The monoisotopic (exact) mass is 424 g/mol. The summed E-state index contributed by atoms with van der Waals surface area (Å²) in [4.78, 5) is 12.3. The van der Waals surface area contributed by atoms with Crippen LogP contribution in [0.15, 0.2) is 67.0 Å². The quantitative estimate of drug-likeness (QED) is 0.574. The standard InChI is InChI=1S/C24H28N4O.ClH/c29-24(11-8-19-12-14-25-16-19)26-17-22-4-1-2-5-23(22)21-9-6-20(7-10-21)18-28-15-3-13-27-28;/h1-7,9-10,13,15,19,25H,8,11-12,14,16-18H2,(H,26,29);1H. The van der Waals surface area contributed by atoms with Crippen molar-refractivity contribution >= 4 is 18.3 Å². The minimum Gasteiger partial charge on any atom is -0.352 e. The highest BCUT2D eigenvalue weighted by Gasteiger charge is 2.15. The lowest BCUT2D eigenvalue weighted by molar-refractivity contribution is -0.121. The number of carbonyl (C=O) groups is 1. The molecule has 2 heterocycles. The van der Waals surface area contributed by atoms with Crippen molar-refractivity contribution in [3.05, 3.63) is 78.1 Å². The zero-order valence-electron chi connectivity index (χ0n) is 17.1. The van der Waals surface area contributed by atoms with E-state index >= 15 is 0 Å². The molecule has 1 amide bonds. The first kappa shape index (κ1) is 22.1. The van der Waals surface area contributed by atoms with E-state index in [1.807, 2.05) is 29.1 Å². The highest BCUT2D eigenvalue weighted by Crippen LogP contribution is 2.24. The minimum absolute atomic E-state index is 0. The SMILES string of the molecule is Cl.O=C(CCC1CCNC1)NCc1ccccc1-c1ccc(Cn2cccn2)cc1. The number of aromatic nitrogens is 2. The first-order valence-corrected chi connectivity index (χ1v) is 10.4. The minimum atomic E-state index is 0. The lowest BCUT2D eigenvalue weighted by Gasteiger charge is -2.13. The molecule has 1 fully saturated rings. The second kappa shape index (κ2) is 11.0. The van der Waals surface area contributed by atoms with Crippen LogP contribution in [0.5, 0.6) is 0 Å². The first-order chi connectivity index (χ1) is 14.3. The summed E-state index contributed by atoms with van der Waals surface area (Å²) in [5, 5.41) is 10.7. The van der Waals surface area contributed by atoms with Crippen LogP contribution in [0.4, 0.5) is 0 Å². The van der Waals surface area contributed by atoms with Gasteiger partial charge in [-0.25, -0.2) is 0 Å². The van der Waals surface area contributed by atoms with E-state index in [0.717, 1.165) is 37.2 Å². The Kier molecular flexibility index (Phi) is 8.05. The van der Waals surface area contributed by atoms with Gasteiger partial charge < -0.3 is 10.6 Å². The molecule has 0 spiro atoms. The highest BCUT2D eigenvalue weighted by molar-refractivity contribution is 5.85. The third-order valence-corrected chi connectivity index (χ3v) is 5.60. The van der Waals surface area contributed by atoms with E-state index in [1.54, 1.807) is 6.20 Å². The molecule has 30 heavy (non-hydrogen) atoms. The van der Waals surface area contributed by atoms with E-state index in [1.165, 1.54) is 17.5 Å². The third kappa shape index (κ3) is 5.94. The Balaban J connectivity index is 0.00000256. The molecule has 1 unspecified atom stereocenters. The van der Waals surface area contributed by atoms with Gasteiger partial charge in [0.05, 0.1) is 6.54 Å². The Labute approximate surface area is 184 Å². The topological polar surface area (TPSA) is 59.0 Å². The fraction of sp³-hybridized carbons (Fsp3) is 0.333. The summed E-state index contributed by atoms with van der Waals surface area (Å²) in [6, 6.07) is 18.8. The van der Waals surface area contributed by atoms with Crippen molar-refractivity contribution in [2.24, 2.45) is 5.92 Å². The van der Waals surface area contributed by atoms with Gasteiger partial charge in [0.25, 0.3) is 0 Å². The third-order valence-electron chi connectivity index (χ3n) is 5.60. The van der Waals surface area contributed by atoms with E-state index < -0.39 is 0 Å². The number of nitrogens with zero attached hydrogens (tertiary/aromatic N) is 2. The van der Waals surface area contributed by atoms with Crippen molar-refractivity contribution in [2.75, 3.05) is 13.1 Å². The number of nitrogens with one attached hydrogen (secondary N) is 2. The molecule has 3 aromatic rings. The molecule has 6 heteroatoms. The Bertz CT molecular complexity index is 919. The van der Waals surface area contributed by atoms with E-state index in [-0.39, 0.29) is 18.3 Å². The molecule has 5 nitrogen and oxygen atoms in total. The van der Waals surface area contributed by atoms with E-state index in [4.69, 9.17) is 0 Å². The summed E-state index contributed by atoms with van der Waals surface area (Å²) >= 11 is 0. The summed E-state index contributed by atoms with van der Waals surface area (Å²) in [7, 11) is 0. The average Bonchev–Trinajstić information content (AvgIpc) is 3.46. The Morgan fingerprint density at radius 3 is 2.70 bits per heavy atom. The number of carbonyl (C=O) groups excluding carboxylic acids is 1. The van der Waals surface area contributed by atoms with E-state index in [0.29, 0.717) is 18.9 Å². The van der Waals surface area contributed by atoms with E-state index in [9.17, 15) is 4.79 Å². The van der Waals surface area contributed by atoms with Crippen molar-refractivity contribution in [3.63, 3.8) is 0 Å². The second-order valence-corrected chi connectivity index (χ2v) is 7.73. The molecule has 4 rings (SSSR count). The van der Waals surface area contributed by atoms with E-state index in [2.05, 4.69) is 52.1 Å². The molecular formula is C24H29ClN4O. The largest absolute Gasteiger partial charge is 0.352 e. The fourth-order valence-electron chi connectivity index (χ4n) is 3.91. The maximum atomic E-state index is 12.3. The van der Waals surface area contributed by atoms with Crippen LogP contribution < -0.4 is 10.6 Å². The summed E-state index contributed by atoms with van der Waals surface area (Å²) < 4.78 is 1.92. The number of rotatable bonds is 8. The van der Waals surface area contributed by atoms with Crippen LogP contribution in [-0.4, -0.2) is 28.8 Å². The van der Waals surface area contributed by atoms with Gasteiger partial charge in [-0.05, 0) is 60.2 Å². The molecule has 2 aromatic carbocycles. The lowest BCUT2D eigenvalue weighted by Crippen LogP contribution is -2.23. The van der Waals surface area contributed by atoms with Crippen LogP contribution in [0.1, 0.15) is 30.4 Å². The van der Waals surface area contributed by atoms with Crippen LogP contribution in [0, 0.1) is 5.92 Å². The fourth-order valence-corrected chi connectivity index (χ4v) is 3.91. The number of hydrogen-bond donors (Lipinski definition) is 2. The second-order valence-electron chi connectivity index (χ2n) is 7.73. The zero-order chi connectivity index (χ0) is 19.9. The van der Waals surface area contributed by atoms with Crippen LogP contribution in [0.25, 0.3) is 11.1 Å². The molecule has 158 valence electrons. The van der Waals surface area contributed by atoms with Gasteiger partial charge in [0.1, 0.15) is 0 Å². The maximum Gasteiger partial charge on any atom is 0.220 e. The summed E-state index contributed by atoms with van der Waals surface area (Å²) in [6.07, 6.45) is 6.53. The zero-order valence-corrected chi connectivity index (χ0v) is 17.9. The van der Waals surface area contributed by atoms with Gasteiger partial charge >= 0.3 is 0 Å². The van der Waals surface area contributed by atoms with Gasteiger partial charge in [0.15, 0.2) is 0 Å².